The summed E-state index contributed by atoms with van der Waals surface area (Å²) in [6.07, 6.45) is 2.34. The molecule has 1 saturated carbocycles. The second-order valence-corrected chi connectivity index (χ2v) is 9.25. The minimum absolute atomic E-state index is 0. The Kier molecular flexibility index (Phi) is 10.3. The Hall–Kier alpha value is -2.91. The highest BCUT2D eigenvalue weighted by molar-refractivity contribution is 5.96. The summed E-state index contributed by atoms with van der Waals surface area (Å²) >= 11 is 0. The van der Waals surface area contributed by atoms with Gasteiger partial charge in [0, 0.05) is 37.3 Å². The van der Waals surface area contributed by atoms with E-state index in [1.165, 1.54) is 0 Å². The highest BCUT2D eigenvalue weighted by atomic mass is 35.5. The maximum absolute atomic E-state index is 14.1. The van der Waals surface area contributed by atoms with E-state index in [2.05, 4.69) is 15.5 Å². The van der Waals surface area contributed by atoms with Gasteiger partial charge in [-0.2, -0.15) is 5.10 Å². The number of H-pyrrole nitrogens is 1. The van der Waals surface area contributed by atoms with Crippen molar-refractivity contribution in [2.75, 3.05) is 26.3 Å². The van der Waals surface area contributed by atoms with Crippen molar-refractivity contribution < 1.29 is 19.1 Å². The molecule has 0 radical (unpaired) electrons. The fraction of sp³-hybridized carbons (Fsp3) is 0.393. The number of carbonyl (C=O) groups excluding carboxylic acids is 2. The predicted molar refractivity (Wildman–Crippen MR) is 149 cm³/mol. The van der Waals surface area contributed by atoms with E-state index in [0.717, 1.165) is 48.2 Å². The third-order valence-electron chi connectivity index (χ3n) is 6.99. The zero-order valence-corrected chi connectivity index (χ0v) is 23.0. The van der Waals surface area contributed by atoms with Gasteiger partial charge in [0.1, 0.15) is 0 Å². The van der Waals surface area contributed by atoms with Crippen molar-refractivity contribution >= 4 is 36.7 Å². The summed E-state index contributed by atoms with van der Waals surface area (Å²) in [7, 11) is 0. The number of aromatic amines is 1. The van der Waals surface area contributed by atoms with Gasteiger partial charge in [-0.15, -0.1) is 24.8 Å². The molecule has 1 aromatic heterocycles. The molecule has 1 amide bonds. The van der Waals surface area contributed by atoms with Gasteiger partial charge in [-0.25, -0.2) is 4.79 Å². The van der Waals surface area contributed by atoms with Crippen molar-refractivity contribution in [1.29, 1.82) is 0 Å². The van der Waals surface area contributed by atoms with E-state index in [-0.39, 0.29) is 36.7 Å². The average Bonchev–Trinajstić information content (AvgIpc) is 3.60. The van der Waals surface area contributed by atoms with Crippen molar-refractivity contribution in [1.82, 2.24) is 20.4 Å². The zero-order chi connectivity index (χ0) is 25.0. The van der Waals surface area contributed by atoms with E-state index >= 15 is 0 Å². The van der Waals surface area contributed by atoms with Crippen LogP contribution in [-0.4, -0.2) is 53.3 Å². The summed E-state index contributed by atoms with van der Waals surface area (Å²) in [5.74, 6) is -0.510. The first kappa shape index (κ1) is 29.6. The Morgan fingerprint density at radius 1 is 1.05 bits per heavy atom. The number of nitrogens with one attached hydrogen (secondary N) is 2. The van der Waals surface area contributed by atoms with Gasteiger partial charge in [-0.1, -0.05) is 48.5 Å². The lowest BCUT2D eigenvalue weighted by molar-refractivity contribution is 0.0444. The van der Waals surface area contributed by atoms with Gasteiger partial charge in [-0.3, -0.25) is 9.89 Å². The highest BCUT2D eigenvalue weighted by Crippen LogP contribution is 2.52. The number of hydrogen-bond donors (Lipinski definition) is 2. The van der Waals surface area contributed by atoms with Crippen LogP contribution in [0.15, 0.2) is 54.6 Å². The van der Waals surface area contributed by atoms with Gasteiger partial charge in [0.25, 0.3) is 5.91 Å². The summed E-state index contributed by atoms with van der Waals surface area (Å²) < 4.78 is 11.3. The second-order valence-electron chi connectivity index (χ2n) is 9.25. The number of benzene rings is 2. The first-order valence-electron chi connectivity index (χ1n) is 12.6. The molecule has 0 bridgehead atoms. The van der Waals surface area contributed by atoms with Crippen molar-refractivity contribution in [3.8, 4) is 0 Å². The molecule has 1 aliphatic heterocycles. The summed E-state index contributed by atoms with van der Waals surface area (Å²) in [5.41, 5.74) is 4.19. The summed E-state index contributed by atoms with van der Waals surface area (Å²) in [4.78, 5) is 28.7. The third-order valence-corrected chi connectivity index (χ3v) is 6.99. The zero-order valence-electron chi connectivity index (χ0n) is 21.4. The van der Waals surface area contributed by atoms with Crippen LogP contribution in [0.2, 0.25) is 0 Å². The fourth-order valence-electron chi connectivity index (χ4n) is 5.04. The SMILES string of the molecule is CCOC(=O)c1ccccc1C1(N(CCOCc2ccccc2)C(=O)c2n[nH]c3c2CNCC3)CC1.Cl.Cl. The fourth-order valence-corrected chi connectivity index (χ4v) is 5.04. The molecule has 2 aliphatic rings. The number of esters is 1. The molecule has 1 aliphatic carbocycles. The normalized spacial score (nSPS) is 14.9. The minimum Gasteiger partial charge on any atom is -0.462 e. The predicted octanol–water partition coefficient (Wildman–Crippen LogP) is 4.42. The molecule has 5 rings (SSSR count). The number of fused-ring (bicyclic) bond motifs is 1. The molecule has 0 atom stereocenters. The lowest BCUT2D eigenvalue weighted by Crippen LogP contribution is -2.44. The topological polar surface area (TPSA) is 96.5 Å². The van der Waals surface area contributed by atoms with Crippen LogP contribution in [0.25, 0.3) is 0 Å². The van der Waals surface area contributed by atoms with Crippen LogP contribution in [0.5, 0.6) is 0 Å². The van der Waals surface area contributed by atoms with Crippen molar-refractivity contribution in [3.63, 3.8) is 0 Å². The Bertz CT molecular complexity index is 1230. The Labute approximate surface area is 235 Å². The Morgan fingerprint density at radius 3 is 2.53 bits per heavy atom. The molecule has 0 saturated heterocycles. The van der Waals surface area contributed by atoms with E-state index in [9.17, 15) is 9.59 Å². The van der Waals surface area contributed by atoms with Crippen molar-refractivity contribution in [2.24, 2.45) is 0 Å². The number of aromatic nitrogens is 2. The van der Waals surface area contributed by atoms with Gasteiger partial charge >= 0.3 is 5.97 Å². The second kappa shape index (κ2) is 13.2. The molecule has 204 valence electrons. The smallest absolute Gasteiger partial charge is 0.338 e. The van der Waals surface area contributed by atoms with E-state index in [4.69, 9.17) is 9.47 Å². The molecule has 0 unspecified atom stereocenters. The van der Waals surface area contributed by atoms with E-state index in [1.54, 1.807) is 13.0 Å². The monoisotopic (exact) mass is 560 g/mol. The van der Waals surface area contributed by atoms with Crippen LogP contribution in [0.3, 0.4) is 0 Å². The van der Waals surface area contributed by atoms with Crippen LogP contribution in [0, 0.1) is 0 Å². The molecule has 2 aromatic carbocycles. The summed E-state index contributed by atoms with van der Waals surface area (Å²) in [5, 5.41) is 10.8. The molecule has 2 N–H and O–H groups in total. The summed E-state index contributed by atoms with van der Waals surface area (Å²) in [6, 6.07) is 17.4. The number of rotatable bonds is 10. The maximum atomic E-state index is 14.1. The van der Waals surface area contributed by atoms with E-state index in [0.29, 0.717) is 44.2 Å². The molecular weight excluding hydrogens is 527 g/mol. The molecule has 0 spiro atoms. The molecule has 2 heterocycles. The van der Waals surface area contributed by atoms with Gasteiger partial charge in [0.05, 0.1) is 30.9 Å². The standard InChI is InChI=1S/C28H32N4O4.2ClH/c1-2-36-27(34)21-10-6-7-11-23(21)28(13-14-28)32(16-17-35-19-20-8-4-3-5-9-20)26(33)25-22-18-29-15-12-24(22)30-31-25;;/h3-11,29H,2,12-19H2,1H3,(H,30,31);2*1H. The van der Waals surface area contributed by atoms with Crippen LogP contribution < -0.4 is 5.32 Å². The largest absolute Gasteiger partial charge is 0.462 e. The molecule has 1 fully saturated rings. The van der Waals surface area contributed by atoms with E-state index in [1.807, 2.05) is 53.4 Å². The van der Waals surface area contributed by atoms with E-state index < -0.39 is 5.54 Å². The van der Waals surface area contributed by atoms with Gasteiger partial charge in [0.15, 0.2) is 5.69 Å². The van der Waals surface area contributed by atoms with Crippen LogP contribution in [0.4, 0.5) is 0 Å². The quantitative estimate of drug-likeness (QED) is 0.281. The molecule has 8 nitrogen and oxygen atoms in total. The lowest BCUT2D eigenvalue weighted by Gasteiger charge is -2.33. The molecular formula is C28H34Cl2N4O4. The average molecular weight is 562 g/mol. The third kappa shape index (κ3) is 6.04. The number of nitrogens with zero attached hydrogens (tertiary/aromatic N) is 2. The first-order chi connectivity index (χ1) is 17.6. The number of amides is 1. The molecule has 3 aromatic rings. The number of hydrogen-bond acceptors (Lipinski definition) is 6. The first-order valence-corrected chi connectivity index (χ1v) is 12.6. The van der Waals surface area contributed by atoms with Crippen LogP contribution in [0.1, 0.15) is 63.0 Å². The number of halogens is 2. The van der Waals surface area contributed by atoms with Crippen molar-refractivity contribution in [2.45, 2.75) is 44.9 Å². The Morgan fingerprint density at radius 2 is 1.79 bits per heavy atom. The summed E-state index contributed by atoms with van der Waals surface area (Å²) in [6.45, 7) is 4.78. The molecule has 10 heteroatoms. The maximum Gasteiger partial charge on any atom is 0.338 e. The Balaban J connectivity index is 0.00000200. The van der Waals surface area contributed by atoms with Gasteiger partial charge < -0.3 is 19.7 Å². The lowest BCUT2D eigenvalue weighted by atomic mass is 9.95. The molecule has 38 heavy (non-hydrogen) atoms. The van der Waals surface area contributed by atoms with Gasteiger partial charge in [0.2, 0.25) is 0 Å². The number of carbonyl (C=O) groups is 2. The number of ether oxygens (including phenoxy) is 2. The highest BCUT2D eigenvalue weighted by Gasteiger charge is 2.53. The van der Waals surface area contributed by atoms with Crippen LogP contribution in [-0.2, 0) is 34.6 Å². The minimum atomic E-state index is -0.593. The van der Waals surface area contributed by atoms with Gasteiger partial charge in [-0.05, 0) is 37.0 Å². The van der Waals surface area contributed by atoms with Crippen LogP contribution >= 0.6 is 24.8 Å². The van der Waals surface area contributed by atoms with Crippen molar-refractivity contribution in [3.05, 3.63) is 88.2 Å².